The van der Waals surface area contributed by atoms with E-state index >= 15 is 0 Å². The van der Waals surface area contributed by atoms with Crippen LogP contribution in [0.25, 0.3) is 0 Å². The average molecular weight is 286 g/mol. The fourth-order valence-corrected chi connectivity index (χ4v) is 3.83. The molecule has 108 valence electrons. The first kappa shape index (κ1) is 14.5. The Balaban J connectivity index is 2.24. The molecule has 1 saturated carbocycles. The summed E-state index contributed by atoms with van der Waals surface area (Å²) in [5.74, 6) is 0. The summed E-state index contributed by atoms with van der Waals surface area (Å²) in [6.45, 7) is 5.15. The lowest BCUT2D eigenvalue weighted by Gasteiger charge is -2.17. The molecule has 1 aromatic heterocycles. The largest absolute Gasteiger partial charge is 0.311 e. The van der Waals surface area contributed by atoms with Crippen LogP contribution in [-0.2, 0) is 16.6 Å². The maximum atomic E-state index is 12.6. The molecule has 1 aliphatic rings. The van der Waals surface area contributed by atoms with E-state index in [1.165, 1.54) is 4.31 Å². The van der Waals surface area contributed by atoms with Crippen molar-refractivity contribution in [3.63, 3.8) is 0 Å². The number of sulfonamides is 1. The van der Waals surface area contributed by atoms with Crippen LogP contribution in [-0.4, -0.2) is 42.6 Å². The molecule has 19 heavy (non-hydrogen) atoms. The summed E-state index contributed by atoms with van der Waals surface area (Å²) < 4.78 is 26.7. The molecule has 2 rings (SSSR count). The Morgan fingerprint density at radius 3 is 2.74 bits per heavy atom. The van der Waals surface area contributed by atoms with Crippen LogP contribution in [0.15, 0.2) is 4.90 Å². The molecule has 6 nitrogen and oxygen atoms in total. The molecule has 0 saturated heterocycles. The first-order valence-electron chi connectivity index (χ1n) is 6.71. The number of aryl methyl sites for hydroxylation is 1. The van der Waals surface area contributed by atoms with Crippen LogP contribution >= 0.6 is 0 Å². The van der Waals surface area contributed by atoms with Crippen molar-refractivity contribution in [3.05, 3.63) is 11.4 Å². The molecule has 0 aromatic carbocycles. The van der Waals surface area contributed by atoms with Gasteiger partial charge in [0.05, 0.1) is 11.4 Å². The van der Waals surface area contributed by atoms with Gasteiger partial charge in [-0.15, -0.1) is 0 Å². The average Bonchev–Trinajstić information content (AvgIpc) is 3.13. The van der Waals surface area contributed by atoms with E-state index in [0.29, 0.717) is 22.8 Å². The quantitative estimate of drug-likeness (QED) is 0.733. The summed E-state index contributed by atoms with van der Waals surface area (Å²) >= 11 is 0. The Hall–Kier alpha value is -0.920. The number of H-pyrrole nitrogens is 1. The van der Waals surface area contributed by atoms with E-state index in [1.807, 2.05) is 0 Å². The highest BCUT2D eigenvalue weighted by atomic mass is 32.2. The van der Waals surface area contributed by atoms with Crippen molar-refractivity contribution < 1.29 is 8.42 Å². The zero-order valence-electron chi connectivity index (χ0n) is 11.7. The van der Waals surface area contributed by atoms with Gasteiger partial charge in [0.2, 0.25) is 10.0 Å². The second kappa shape index (κ2) is 5.60. The van der Waals surface area contributed by atoms with Gasteiger partial charge in [-0.05, 0) is 32.7 Å². The van der Waals surface area contributed by atoms with E-state index < -0.39 is 10.0 Å². The Kier molecular flexibility index (Phi) is 4.27. The van der Waals surface area contributed by atoms with Gasteiger partial charge in [0.1, 0.15) is 4.90 Å². The van der Waals surface area contributed by atoms with Gasteiger partial charge in [-0.1, -0.05) is 6.92 Å². The van der Waals surface area contributed by atoms with Gasteiger partial charge in [0.15, 0.2) is 0 Å². The SMILES string of the molecule is CCCNCc1n[nH]c(C)c1S(=O)(=O)N(C)C1CC1. The fourth-order valence-electron chi connectivity index (χ4n) is 2.09. The minimum absolute atomic E-state index is 0.163. The molecule has 0 atom stereocenters. The Labute approximate surface area is 114 Å². The smallest absolute Gasteiger partial charge is 0.246 e. The lowest BCUT2D eigenvalue weighted by molar-refractivity contribution is 0.462. The van der Waals surface area contributed by atoms with Crippen LogP contribution in [0.5, 0.6) is 0 Å². The molecule has 1 fully saturated rings. The van der Waals surface area contributed by atoms with Crippen molar-refractivity contribution >= 4 is 10.0 Å². The van der Waals surface area contributed by atoms with Gasteiger partial charge < -0.3 is 5.32 Å². The number of hydrogen-bond acceptors (Lipinski definition) is 4. The zero-order chi connectivity index (χ0) is 14.0. The minimum Gasteiger partial charge on any atom is -0.311 e. The van der Waals surface area contributed by atoms with Crippen molar-refractivity contribution in [1.29, 1.82) is 0 Å². The molecule has 1 aromatic rings. The minimum atomic E-state index is -3.43. The summed E-state index contributed by atoms with van der Waals surface area (Å²) in [4.78, 5) is 0.338. The molecule has 0 spiro atoms. The van der Waals surface area contributed by atoms with E-state index in [9.17, 15) is 8.42 Å². The highest BCUT2D eigenvalue weighted by molar-refractivity contribution is 7.89. The topological polar surface area (TPSA) is 78.1 Å². The van der Waals surface area contributed by atoms with Crippen molar-refractivity contribution in [1.82, 2.24) is 19.8 Å². The molecule has 7 heteroatoms. The highest BCUT2D eigenvalue weighted by Gasteiger charge is 2.37. The first-order valence-corrected chi connectivity index (χ1v) is 8.15. The lowest BCUT2D eigenvalue weighted by atomic mass is 10.3. The van der Waals surface area contributed by atoms with Crippen LogP contribution in [0.2, 0.25) is 0 Å². The second-order valence-electron chi connectivity index (χ2n) is 5.05. The Morgan fingerprint density at radius 2 is 2.16 bits per heavy atom. The van der Waals surface area contributed by atoms with Crippen LogP contribution in [0.4, 0.5) is 0 Å². The standard InChI is InChI=1S/C12H22N4O2S/c1-4-7-13-8-11-12(9(2)14-15-11)19(17,18)16(3)10-5-6-10/h10,13H,4-8H2,1-3H3,(H,14,15). The molecule has 0 aliphatic heterocycles. The van der Waals surface area contributed by atoms with Crippen molar-refractivity contribution in [2.75, 3.05) is 13.6 Å². The van der Waals surface area contributed by atoms with Gasteiger partial charge in [0.25, 0.3) is 0 Å². The van der Waals surface area contributed by atoms with E-state index in [1.54, 1.807) is 14.0 Å². The zero-order valence-corrected chi connectivity index (χ0v) is 12.5. The molecule has 0 bridgehead atoms. The van der Waals surface area contributed by atoms with Crippen LogP contribution < -0.4 is 5.32 Å². The number of aromatic amines is 1. The molecular formula is C12H22N4O2S. The van der Waals surface area contributed by atoms with Gasteiger partial charge in [-0.25, -0.2) is 8.42 Å². The van der Waals surface area contributed by atoms with E-state index in [4.69, 9.17) is 0 Å². The van der Waals surface area contributed by atoms with E-state index in [2.05, 4.69) is 22.4 Å². The van der Waals surface area contributed by atoms with Gasteiger partial charge >= 0.3 is 0 Å². The third-order valence-corrected chi connectivity index (χ3v) is 5.49. The summed E-state index contributed by atoms with van der Waals surface area (Å²) in [6.07, 6.45) is 2.92. The lowest BCUT2D eigenvalue weighted by Crippen LogP contribution is -2.30. The first-order chi connectivity index (χ1) is 8.98. The summed E-state index contributed by atoms with van der Waals surface area (Å²) in [6, 6.07) is 0.163. The number of aromatic nitrogens is 2. The third kappa shape index (κ3) is 2.98. The predicted molar refractivity (Wildman–Crippen MR) is 73.3 cm³/mol. The molecular weight excluding hydrogens is 264 g/mol. The maximum absolute atomic E-state index is 12.6. The number of rotatable bonds is 7. The number of nitrogens with zero attached hydrogens (tertiary/aromatic N) is 2. The van der Waals surface area contributed by atoms with Crippen LogP contribution in [0.3, 0.4) is 0 Å². The maximum Gasteiger partial charge on any atom is 0.246 e. The Morgan fingerprint density at radius 1 is 1.47 bits per heavy atom. The third-order valence-electron chi connectivity index (χ3n) is 3.38. The Bertz CT molecular complexity index is 534. The highest BCUT2D eigenvalue weighted by Crippen LogP contribution is 2.32. The van der Waals surface area contributed by atoms with E-state index in [0.717, 1.165) is 25.8 Å². The molecule has 0 amide bonds. The van der Waals surface area contributed by atoms with Crippen molar-refractivity contribution in [2.24, 2.45) is 0 Å². The van der Waals surface area contributed by atoms with Gasteiger partial charge in [-0.3, -0.25) is 5.10 Å². The summed E-state index contributed by atoms with van der Waals surface area (Å²) in [5, 5.41) is 10.1. The molecule has 0 unspecified atom stereocenters. The molecule has 1 aliphatic carbocycles. The molecule has 0 radical (unpaired) electrons. The normalized spacial score (nSPS) is 16.2. The van der Waals surface area contributed by atoms with Crippen LogP contribution in [0.1, 0.15) is 37.6 Å². The predicted octanol–water partition coefficient (Wildman–Crippen LogP) is 1.00. The summed E-state index contributed by atoms with van der Waals surface area (Å²) in [7, 11) is -1.78. The van der Waals surface area contributed by atoms with E-state index in [-0.39, 0.29) is 6.04 Å². The second-order valence-corrected chi connectivity index (χ2v) is 6.99. The molecule has 1 heterocycles. The fraction of sp³-hybridized carbons (Fsp3) is 0.750. The number of nitrogens with one attached hydrogen (secondary N) is 2. The van der Waals surface area contributed by atoms with Crippen molar-refractivity contribution in [2.45, 2.75) is 50.6 Å². The monoisotopic (exact) mass is 286 g/mol. The molecule has 2 N–H and O–H groups in total. The van der Waals surface area contributed by atoms with Gasteiger partial charge in [-0.2, -0.15) is 9.40 Å². The van der Waals surface area contributed by atoms with Crippen molar-refractivity contribution in [3.8, 4) is 0 Å². The number of hydrogen-bond donors (Lipinski definition) is 2. The van der Waals surface area contributed by atoms with Gasteiger partial charge in [0, 0.05) is 19.6 Å². The summed E-state index contributed by atoms with van der Waals surface area (Å²) in [5.41, 5.74) is 1.19. The van der Waals surface area contributed by atoms with Crippen LogP contribution in [0, 0.1) is 6.92 Å².